The van der Waals surface area contributed by atoms with E-state index in [2.05, 4.69) is 16.0 Å². The molecule has 0 radical (unpaired) electrons. The van der Waals surface area contributed by atoms with Crippen LogP contribution in [0.25, 0.3) is 0 Å². The van der Waals surface area contributed by atoms with E-state index in [1.54, 1.807) is 48.8 Å². The van der Waals surface area contributed by atoms with Gasteiger partial charge in [0.25, 0.3) is 5.91 Å². The van der Waals surface area contributed by atoms with Gasteiger partial charge >= 0.3 is 5.97 Å². The number of esters is 1. The van der Waals surface area contributed by atoms with E-state index in [-0.39, 0.29) is 6.61 Å². The fraction of sp³-hybridized carbons (Fsp3) is 0.238. The molecule has 3 rings (SSSR count). The first-order valence-corrected chi connectivity index (χ1v) is 9.66. The zero-order chi connectivity index (χ0) is 20.1. The monoisotopic (exact) mass is 398 g/mol. The Morgan fingerprint density at radius 1 is 1.14 bits per heavy atom. The molecule has 0 fully saturated rings. The Balaban J connectivity index is 1.61. The number of ether oxygens (including phenoxy) is 2. The second-order valence-electron chi connectivity index (χ2n) is 6.31. The maximum atomic E-state index is 12.5. The highest BCUT2D eigenvalue weighted by Gasteiger charge is 2.18. The minimum Gasteiger partial charge on any atom is -0.497 e. The van der Waals surface area contributed by atoms with Crippen LogP contribution in [0.1, 0.15) is 26.6 Å². The molecule has 2 aromatic heterocycles. The highest BCUT2D eigenvalue weighted by Crippen LogP contribution is 2.20. The third-order valence-corrected chi connectivity index (χ3v) is 5.24. The van der Waals surface area contributed by atoms with Gasteiger partial charge in [0.2, 0.25) is 0 Å². The lowest BCUT2D eigenvalue weighted by atomic mass is 10.2. The van der Waals surface area contributed by atoms with Crippen molar-refractivity contribution in [2.45, 2.75) is 20.4 Å². The number of thiophene rings is 1. The number of nitrogens with one attached hydrogen (secondary N) is 1. The van der Waals surface area contributed by atoms with Crippen molar-refractivity contribution in [3.8, 4) is 5.75 Å². The SMILES string of the molecule is COc1cccc(NC(=O)COC(=O)c2cc(C)n(Cc3cccs3)c2C)c1. The summed E-state index contributed by atoms with van der Waals surface area (Å²) in [6, 6.07) is 12.8. The van der Waals surface area contributed by atoms with Gasteiger partial charge in [0, 0.05) is 28.0 Å². The van der Waals surface area contributed by atoms with Crippen LogP contribution in [-0.4, -0.2) is 30.2 Å². The average molecular weight is 398 g/mol. The Morgan fingerprint density at radius 2 is 1.96 bits per heavy atom. The van der Waals surface area contributed by atoms with Gasteiger partial charge in [-0.3, -0.25) is 4.79 Å². The molecule has 0 atom stereocenters. The van der Waals surface area contributed by atoms with Crippen LogP contribution in [0.2, 0.25) is 0 Å². The van der Waals surface area contributed by atoms with E-state index in [0.717, 1.165) is 11.4 Å². The summed E-state index contributed by atoms with van der Waals surface area (Å²) in [5.41, 5.74) is 2.85. The molecule has 0 unspecified atom stereocenters. The zero-order valence-electron chi connectivity index (χ0n) is 16.0. The summed E-state index contributed by atoms with van der Waals surface area (Å²) in [5.74, 6) is -0.284. The summed E-state index contributed by atoms with van der Waals surface area (Å²) in [6.45, 7) is 4.18. The normalized spacial score (nSPS) is 10.5. The number of aromatic nitrogens is 1. The van der Waals surface area contributed by atoms with Crippen LogP contribution < -0.4 is 10.1 Å². The lowest BCUT2D eigenvalue weighted by Gasteiger charge is -2.09. The summed E-state index contributed by atoms with van der Waals surface area (Å²) in [4.78, 5) is 25.7. The Hall–Kier alpha value is -3.06. The van der Waals surface area contributed by atoms with Crippen molar-refractivity contribution < 1.29 is 19.1 Å². The molecule has 146 valence electrons. The molecule has 0 saturated carbocycles. The predicted octanol–water partition coefficient (Wildman–Crippen LogP) is 4.02. The number of hydrogen-bond donors (Lipinski definition) is 1. The van der Waals surface area contributed by atoms with Gasteiger partial charge in [0.1, 0.15) is 5.75 Å². The molecule has 28 heavy (non-hydrogen) atoms. The fourth-order valence-corrected chi connectivity index (χ4v) is 3.61. The molecule has 3 aromatic rings. The summed E-state index contributed by atoms with van der Waals surface area (Å²) in [5, 5.41) is 4.71. The van der Waals surface area contributed by atoms with Crippen LogP contribution in [0.4, 0.5) is 5.69 Å². The number of amides is 1. The average Bonchev–Trinajstić information content (AvgIpc) is 3.30. The third kappa shape index (κ3) is 4.61. The molecule has 0 bridgehead atoms. The van der Waals surface area contributed by atoms with Gasteiger partial charge in [0.05, 0.1) is 19.2 Å². The van der Waals surface area contributed by atoms with Gasteiger partial charge in [-0.2, -0.15) is 0 Å². The van der Waals surface area contributed by atoms with Gasteiger partial charge in [-0.05, 0) is 43.5 Å². The quantitative estimate of drug-likeness (QED) is 0.611. The molecule has 1 aromatic carbocycles. The largest absolute Gasteiger partial charge is 0.497 e. The van der Waals surface area contributed by atoms with Gasteiger partial charge in [-0.25, -0.2) is 4.79 Å². The molecular formula is C21H22N2O4S. The van der Waals surface area contributed by atoms with E-state index in [1.807, 2.05) is 25.3 Å². The van der Waals surface area contributed by atoms with Crippen LogP contribution in [-0.2, 0) is 16.1 Å². The zero-order valence-corrected chi connectivity index (χ0v) is 16.8. The Kier molecular flexibility index (Phi) is 6.16. The minimum absolute atomic E-state index is 0.357. The first kappa shape index (κ1) is 19.7. The first-order chi connectivity index (χ1) is 13.5. The summed E-state index contributed by atoms with van der Waals surface area (Å²) in [7, 11) is 1.55. The van der Waals surface area contributed by atoms with Crippen molar-refractivity contribution in [2.24, 2.45) is 0 Å². The van der Waals surface area contributed by atoms with Crippen molar-refractivity contribution >= 4 is 28.9 Å². The smallest absolute Gasteiger partial charge is 0.340 e. The Morgan fingerprint density at radius 3 is 2.68 bits per heavy atom. The van der Waals surface area contributed by atoms with Crippen LogP contribution in [0.3, 0.4) is 0 Å². The van der Waals surface area contributed by atoms with Crippen molar-refractivity contribution in [2.75, 3.05) is 19.0 Å². The maximum absolute atomic E-state index is 12.5. The van der Waals surface area contributed by atoms with Gasteiger partial charge < -0.3 is 19.4 Å². The van der Waals surface area contributed by atoms with Gasteiger partial charge in [-0.1, -0.05) is 12.1 Å². The van der Waals surface area contributed by atoms with E-state index >= 15 is 0 Å². The van der Waals surface area contributed by atoms with Crippen LogP contribution in [0, 0.1) is 13.8 Å². The number of benzene rings is 1. The molecule has 6 nitrogen and oxygen atoms in total. The third-order valence-electron chi connectivity index (χ3n) is 4.38. The maximum Gasteiger partial charge on any atom is 0.340 e. The summed E-state index contributed by atoms with van der Waals surface area (Å²) in [6.07, 6.45) is 0. The second-order valence-corrected chi connectivity index (χ2v) is 7.34. The highest BCUT2D eigenvalue weighted by atomic mass is 32.1. The lowest BCUT2D eigenvalue weighted by Crippen LogP contribution is -2.21. The molecule has 0 spiro atoms. The number of anilines is 1. The van der Waals surface area contributed by atoms with Crippen molar-refractivity contribution in [1.29, 1.82) is 0 Å². The topological polar surface area (TPSA) is 69.6 Å². The predicted molar refractivity (Wildman–Crippen MR) is 109 cm³/mol. The summed E-state index contributed by atoms with van der Waals surface area (Å²) < 4.78 is 12.4. The highest BCUT2D eigenvalue weighted by molar-refractivity contribution is 7.09. The van der Waals surface area contributed by atoms with E-state index < -0.39 is 11.9 Å². The van der Waals surface area contributed by atoms with E-state index in [1.165, 1.54) is 4.88 Å². The molecular weight excluding hydrogens is 376 g/mol. The standard InChI is InChI=1S/C21H22N2O4S/c1-14-10-19(15(2)23(14)12-18-8-5-9-28-18)21(25)27-13-20(24)22-16-6-4-7-17(11-16)26-3/h4-11H,12-13H2,1-3H3,(H,22,24). The number of carbonyl (C=O) groups is 2. The molecule has 0 aliphatic carbocycles. The van der Waals surface area contributed by atoms with Crippen LogP contribution in [0.5, 0.6) is 5.75 Å². The number of hydrogen-bond acceptors (Lipinski definition) is 5. The van der Waals surface area contributed by atoms with Crippen LogP contribution >= 0.6 is 11.3 Å². The summed E-state index contributed by atoms with van der Waals surface area (Å²) >= 11 is 1.67. The molecule has 7 heteroatoms. The number of methoxy groups -OCH3 is 1. The van der Waals surface area contributed by atoms with Gasteiger partial charge in [0.15, 0.2) is 6.61 Å². The van der Waals surface area contributed by atoms with E-state index in [9.17, 15) is 9.59 Å². The molecule has 1 amide bonds. The number of rotatable bonds is 7. The van der Waals surface area contributed by atoms with E-state index in [0.29, 0.717) is 23.5 Å². The first-order valence-electron chi connectivity index (χ1n) is 8.78. The van der Waals surface area contributed by atoms with Crippen molar-refractivity contribution in [3.05, 3.63) is 69.7 Å². The van der Waals surface area contributed by atoms with Crippen LogP contribution in [0.15, 0.2) is 47.8 Å². The van der Waals surface area contributed by atoms with Gasteiger partial charge in [-0.15, -0.1) is 11.3 Å². The molecule has 0 saturated heterocycles. The Labute approximate surface area is 167 Å². The second kappa shape index (κ2) is 8.75. The Bertz CT molecular complexity index is 976. The molecule has 2 heterocycles. The minimum atomic E-state index is -0.508. The lowest BCUT2D eigenvalue weighted by molar-refractivity contribution is -0.119. The number of carbonyl (C=O) groups excluding carboxylic acids is 2. The number of nitrogens with zero attached hydrogens (tertiary/aromatic N) is 1. The van der Waals surface area contributed by atoms with Crippen molar-refractivity contribution in [3.63, 3.8) is 0 Å². The number of aryl methyl sites for hydroxylation is 1. The molecule has 1 N–H and O–H groups in total. The fourth-order valence-electron chi connectivity index (χ4n) is 2.92. The molecule has 0 aliphatic heterocycles. The molecule has 0 aliphatic rings. The van der Waals surface area contributed by atoms with Crippen molar-refractivity contribution in [1.82, 2.24) is 4.57 Å². The van der Waals surface area contributed by atoms with E-state index in [4.69, 9.17) is 9.47 Å².